The predicted molar refractivity (Wildman–Crippen MR) is 77.7 cm³/mol. The Labute approximate surface area is 121 Å². The van der Waals surface area contributed by atoms with E-state index in [-0.39, 0.29) is 23.8 Å². The highest BCUT2D eigenvalue weighted by atomic mass is 16.2. The van der Waals surface area contributed by atoms with Crippen LogP contribution in [0.4, 0.5) is 0 Å². The molecule has 0 radical (unpaired) electrons. The van der Waals surface area contributed by atoms with Crippen molar-refractivity contribution < 1.29 is 9.59 Å². The van der Waals surface area contributed by atoms with Gasteiger partial charge < -0.3 is 16.4 Å². The second-order valence-electron chi connectivity index (χ2n) is 6.53. The molecular formula is C15H27N3O2. The highest BCUT2D eigenvalue weighted by molar-refractivity contribution is 5.85. The molecule has 2 unspecified atom stereocenters. The number of piperidine rings is 1. The monoisotopic (exact) mass is 281 g/mol. The lowest BCUT2D eigenvalue weighted by atomic mass is 9.72. The SMILES string of the molecule is CC1CCC(C(N)=O)CN1C(=O)C1(CN)CCCCC1. The summed E-state index contributed by atoms with van der Waals surface area (Å²) < 4.78 is 0. The molecular weight excluding hydrogens is 254 g/mol. The fourth-order valence-electron chi connectivity index (χ4n) is 3.66. The van der Waals surface area contributed by atoms with Gasteiger partial charge in [-0.1, -0.05) is 19.3 Å². The molecule has 20 heavy (non-hydrogen) atoms. The maximum atomic E-state index is 13.0. The van der Waals surface area contributed by atoms with Crippen molar-refractivity contribution in [1.82, 2.24) is 4.90 Å². The summed E-state index contributed by atoms with van der Waals surface area (Å²) in [6, 6.07) is 0.184. The van der Waals surface area contributed by atoms with E-state index in [1.807, 2.05) is 4.90 Å². The zero-order chi connectivity index (χ0) is 14.8. The van der Waals surface area contributed by atoms with E-state index in [9.17, 15) is 9.59 Å². The molecule has 1 aliphatic heterocycles. The smallest absolute Gasteiger partial charge is 0.230 e. The molecule has 2 rings (SSSR count). The Morgan fingerprint density at radius 1 is 1.20 bits per heavy atom. The molecule has 0 aromatic rings. The fraction of sp³-hybridized carbons (Fsp3) is 0.867. The largest absolute Gasteiger partial charge is 0.369 e. The molecule has 2 aliphatic rings. The molecule has 5 nitrogen and oxygen atoms in total. The molecule has 0 bridgehead atoms. The van der Waals surface area contributed by atoms with Crippen LogP contribution < -0.4 is 11.5 Å². The van der Waals surface area contributed by atoms with Crippen LogP contribution in [0.25, 0.3) is 0 Å². The molecule has 0 spiro atoms. The summed E-state index contributed by atoms with van der Waals surface area (Å²) in [5.74, 6) is -0.341. The van der Waals surface area contributed by atoms with Crippen molar-refractivity contribution in [2.24, 2.45) is 22.8 Å². The van der Waals surface area contributed by atoms with Crippen LogP contribution in [0.2, 0.25) is 0 Å². The van der Waals surface area contributed by atoms with Gasteiger partial charge in [-0.25, -0.2) is 0 Å². The summed E-state index contributed by atoms with van der Waals surface area (Å²) in [6.45, 7) is 2.94. The van der Waals surface area contributed by atoms with E-state index in [1.54, 1.807) is 0 Å². The lowest BCUT2D eigenvalue weighted by molar-refractivity contribution is -0.149. The van der Waals surface area contributed by atoms with Gasteiger partial charge >= 0.3 is 0 Å². The minimum absolute atomic E-state index is 0.151. The lowest BCUT2D eigenvalue weighted by Gasteiger charge is -2.44. The number of likely N-dealkylation sites (tertiary alicyclic amines) is 1. The van der Waals surface area contributed by atoms with Crippen LogP contribution in [-0.2, 0) is 9.59 Å². The molecule has 2 fully saturated rings. The van der Waals surface area contributed by atoms with Crippen molar-refractivity contribution in [3.05, 3.63) is 0 Å². The molecule has 1 saturated heterocycles. The fourth-order valence-corrected chi connectivity index (χ4v) is 3.66. The number of carbonyl (C=O) groups is 2. The molecule has 114 valence electrons. The Morgan fingerprint density at radius 3 is 2.40 bits per heavy atom. The van der Waals surface area contributed by atoms with E-state index in [0.29, 0.717) is 13.1 Å². The molecule has 5 heteroatoms. The first-order chi connectivity index (χ1) is 9.50. The van der Waals surface area contributed by atoms with Crippen molar-refractivity contribution in [2.75, 3.05) is 13.1 Å². The van der Waals surface area contributed by atoms with E-state index < -0.39 is 5.41 Å². The minimum Gasteiger partial charge on any atom is -0.369 e. The molecule has 0 aromatic carbocycles. The molecule has 2 atom stereocenters. The topological polar surface area (TPSA) is 89.4 Å². The molecule has 4 N–H and O–H groups in total. The Kier molecular flexibility index (Phi) is 4.68. The highest BCUT2D eigenvalue weighted by Crippen LogP contribution is 2.38. The first kappa shape index (κ1) is 15.3. The maximum Gasteiger partial charge on any atom is 0.230 e. The third-order valence-corrected chi connectivity index (χ3v) is 5.20. The quantitative estimate of drug-likeness (QED) is 0.809. The third kappa shape index (κ3) is 2.82. The van der Waals surface area contributed by atoms with Crippen LogP contribution in [0, 0.1) is 11.3 Å². The Morgan fingerprint density at radius 2 is 1.85 bits per heavy atom. The predicted octanol–water partition coefficient (Wildman–Crippen LogP) is 1.01. The van der Waals surface area contributed by atoms with Gasteiger partial charge in [0.15, 0.2) is 0 Å². The zero-order valence-corrected chi connectivity index (χ0v) is 12.4. The van der Waals surface area contributed by atoms with E-state index in [2.05, 4.69) is 6.92 Å². The third-order valence-electron chi connectivity index (χ3n) is 5.20. The first-order valence-electron chi connectivity index (χ1n) is 7.80. The Balaban J connectivity index is 2.14. The number of hydrogen-bond donors (Lipinski definition) is 2. The lowest BCUT2D eigenvalue weighted by Crippen LogP contribution is -2.56. The molecule has 1 aliphatic carbocycles. The van der Waals surface area contributed by atoms with Gasteiger partial charge in [0.2, 0.25) is 11.8 Å². The average molecular weight is 281 g/mol. The van der Waals surface area contributed by atoms with Crippen LogP contribution in [0.5, 0.6) is 0 Å². The van der Waals surface area contributed by atoms with Crippen molar-refractivity contribution in [2.45, 2.75) is 57.9 Å². The minimum atomic E-state index is -0.397. The van der Waals surface area contributed by atoms with Crippen molar-refractivity contribution in [1.29, 1.82) is 0 Å². The highest BCUT2D eigenvalue weighted by Gasteiger charge is 2.44. The maximum absolute atomic E-state index is 13.0. The van der Waals surface area contributed by atoms with E-state index in [4.69, 9.17) is 11.5 Å². The summed E-state index contributed by atoms with van der Waals surface area (Å²) in [4.78, 5) is 26.3. The second kappa shape index (κ2) is 6.12. The van der Waals surface area contributed by atoms with Gasteiger partial charge in [-0.3, -0.25) is 9.59 Å². The Bertz CT molecular complexity index is 377. The van der Waals surface area contributed by atoms with Crippen LogP contribution >= 0.6 is 0 Å². The van der Waals surface area contributed by atoms with Gasteiger partial charge in [0.25, 0.3) is 0 Å². The van der Waals surface area contributed by atoms with Crippen molar-refractivity contribution >= 4 is 11.8 Å². The van der Waals surface area contributed by atoms with Crippen LogP contribution in [0.15, 0.2) is 0 Å². The van der Waals surface area contributed by atoms with Gasteiger partial charge in [0.1, 0.15) is 0 Å². The number of nitrogens with zero attached hydrogens (tertiary/aromatic N) is 1. The van der Waals surface area contributed by atoms with Crippen LogP contribution in [-0.4, -0.2) is 35.8 Å². The molecule has 1 saturated carbocycles. The number of amides is 2. The average Bonchev–Trinajstić information content (AvgIpc) is 2.47. The summed E-state index contributed by atoms with van der Waals surface area (Å²) in [6.07, 6.45) is 6.73. The van der Waals surface area contributed by atoms with E-state index in [0.717, 1.165) is 38.5 Å². The van der Waals surface area contributed by atoms with Gasteiger partial charge in [-0.05, 0) is 32.6 Å². The summed E-state index contributed by atoms with van der Waals surface area (Å²) in [5.41, 5.74) is 11.0. The van der Waals surface area contributed by atoms with Gasteiger partial charge in [-0.15, -0.1) is 0 Å². The summed E-state index contributed by atoms with van der Waals surface area (Å²) in [5, 5.41) is 0. The molecule has 0 aromatic heterocycles. The van der Waals surface area contributed by atoms with Gasteiger partial charge in [-0.2, -0.15) is 0 Å². The zero-order valence-electron chi connectivity index (χ0n) is 12.4. The number of primary amides is 1. The Hall–Kier alpha value is -1.10. The summed E-state index contributed by atoms with van der Waals surface area (Å²) in [7, 11) is 0. The normalized spacial score (nSPS) is 30.0. The van der Waals surface area contributed by atoms with Crippen molar-refractivity contribution in [3.8, 4) is 0 Å². The second-order valence-corrected chi connectivity index (χ2v) is 6.53. The van der Waals surface area contributed by atoms with E-state index >= 15 is 0 Å². The summed E-state index contributed by atoms with van der Waals surface area (Å²) >= 11 is 0. The molecule has 2 amide bonds. The van der Waals surface area contributed by atoms with Gasteiger partial charge in [0, 0.05) is 19.1 Å². The van der Waals surface area contributed by atoms with Gasteiger partial charge in [0.05, 0.1) is 11.3 Å². The number of rotatable bonds is 3. The molecule has 1 heterocycles. The number of nitrogens with two attached hydrogens (primary N) is 2. The number of hydrogen-bond acceptors (Lipinski definition) is 3. The number of carbonyl (C=O) groups excluding carboxylic acids is 2. The van der Waals surface area contributed by atoms with E-state index in [1.165, 1.54) is 6.42 Å². The van der Waals surface area contributed by atoms with Crippen molar-refractivity contribution in [3.63, 3.8) is 0 Å². The van der Waals surface area contributed by atoms with Crippen LogP contribution in [0.3, 0.4) is 0 Å². The standard InChI is InChI=1S/C15H27N3O2/c1-11-5-6-12(13(17)19)9-18(11)14(20)15(10-16)7-3-2-4-8-15/h11-12H,2-10,16H2,1H3,(H2,17,19). The first-order valence-corrected chi connectivity index (χ1v) is 7.80. The van der Waals surface area contributed by atoms with Crippen LogP contribution in [0.1, 0.15) is 51.9 Å².